The summed E-state index contributed by atoms with van der Waals surface area (Å²) in [5, 5.41) is 13.4. The first kappa shape index (κ1) is 21.2. The monoisotopic (exact) mass is 416 g/mol. The molecule has 1 saturated carbocycles. The number of hydrogen-bond donors (Lipinski definition) is 3. The van der Waals surface area contributed by atoms with Crippen molar-refractivity contribution < 1.29 is 9.59 Å². The first-order valence-electron chi connectivity index (χ1n) is 9.91. The van der Waals surface area contributed by atoms with Crippen LogP contribution in [0.2, 0.25) is 0 Å². The highest BCUT2D eigenvalue weighted by molar-refractivity contribution is 8.00. The van der Waals surface area contributed by atoms with E-state index in [0.717, 1.165) is 29.8 Å². The minimum Gasteiger partial charge on any atom is -0.336 e. The first-order valence-corrected chi connectivity index (χ1v) is 10.8. The topological polar surface area (TPSA) is 115 Å². The van der Waals surface area contributed by atoms with E-state index in [1.54, 1.807) is 6.92 Å². The lowest BCUT2D eigenvalue weighted by Gasteiger charge is -2.20. The molecule has 1 aliphatic carbocycles. The fraction of sp³-hybridized carbons (Fsp3) is 0.500. The van der Waals surface area contributed by atoms with Crippen LogP contribution in [0.1, 0.15) is 61.9 Å². The Labute approximate surface area is 175 Å². The van der Waals surface area contributed by atoms with Crippen molar-refractivity contribution in [2.24, 2.45) is 0 Å². The van der Waals surface area contributed by atoms with Crippen LogP contribution in [0.15, 0.2) is 23.4 Å². The zero-order chi connectivity index (χ0) is 21.0. The van der Waals surface area contributed by atoms with Crippen molar-refractivity contribution in [1.82, 2.24) is 20.2 Å². The molecule has 0 bridgehead atoms. The van der Waals surface area contributed by atoms with Gasteiger partial charge in [-0.15, -0.1) is 10.2 Å². The Balaban J connectivity index is 1.56. The molecule has 1 aromatic carbocycles. The van der Waals surface area contributed by atoms with Crippen molar-refractivity contribution in [1.29, 1.82) is 0 Å². The van der Waals surface area contributed by atoms with E-state index in [1.807, 2.05) is 32.0 Å². The number of hydrogen-bond acceptors (Lipinski definition) is 6. The third kappa shape index (κ3) is 5.29. The van der Waals surface area contributed by atoms with Crippen molar-refractivity contribution in [3.8, 4) is 0 Å². The van der Waals surface area contributed by atoms with Gasteiger partial charge < -0.3 is 11.2 Å². The maximum atomic E-state index is 12.4. The van der Waals surface area contributed by atoms with Gasteiger partial charge >= 0.3 is 6.03 Å². The molecule has 1 aromatic heterocycles. The third-order valence-corrected chi connectivity index (χ3v) is 6.24. The van der Waals surface area contributed by atoms with Gasteiger partial charge in [-0.1, -0.05) is 48.7 Å². The van der Waals surface area contributed by atoms with Gasteiger partial charge in [0.2, 0.25) is 11.1 Å². The fourth-order valence-corrected chi connectivity index (χ4v) is 4.32. The number of rotatable bonds is 5. The Hall–Kier alpha value is -2.55. The molecule has 4 N–H and O–H groups in total. The summed E-state index contributed by atoms with van der Waals surface area (Å²) in [7, 11) is 0. The number of nitrogen functional groups attached to an aromatic ring is 1. The van der Waals surface area contributed by atoms with Gasteiger partial charge in [-0.25, -0.2) is 9.47 Å². The highest BCUT2D eigenvalue weighted by Crippen LogP contribution is 2.32. The summed E-state index contributed by atoms with van der Waals surface area (Å²) in [4.78, 5) is 24.6. The maximum Gasteiger partial charge on any atom is 0.325 e. The molecule has 1 atom stereocenters. The van der Waals surface area contributed by atoms with Gasteiger partial charge in [0.1, 0.15) is 0 Å². The zero-order valence-electron chi connectivity index (χ0n) is 17.1. The van der Waals surface area contributed by atoms with Crippen molar-refractivity contribution in [2.45, 2.75) is 69.2 Å². The van der Waals surface area contributed by atoms with E-state index in [-0.39, 0.29) is 0 Å². The molecular weight excluding hydrogens is 388 g/mol. The Morgan fingerprint density at radius 1 is 1.21 bits per heavy atom. The van der Waals surface area contributed by atoms with Gasteiger partial charge in [0.15, 0.2) is 5.82 Å². The summed E-state index contributed by atoms with van der Waals surface area (Å²) in [5.41, 5.74) is 2.70. The fourth-order valence-electron chi connectivity index (χ4n) is 3.54. The minimum atomic E-state index is -0.563. The summed E-state index contributed by atoms with van der Waals surface area (Å²) in [6.45, 7) is 5.59. The van der Waals surface area contributed by atoms with E-state index >= 15 is 0 Å². The van der Waals surface area contributed by atoms with Gasteiger partial charge in [0.25, 0.3) is 0 Å². The van der Waals surface area contributed by atoms with E-state index in [0.29, 0.717) is 16.8 Å². The Kier molecular flexibility index (Phi) is 6.79. The van der Waals surface area contributed by atoms with Gasteiger partial charge in [-0.3, -0.25) is 10.1 Å². The molecule has 3 amide bonds. The number of nitrogens with one attached hydrogen (secondary N) is 2. The number of nitrogens with zero attached hydrogens (tertiary/aromatic N) is 3. The van der Waals surface area contributed by atoms with Crippen LogP contribution in [0.25, 0.3) is 0 Å². The van der Waals surface area contributed by atoms with Crippen LogP contribution in [0.3, 0.4) is 0 Å². The lowest BCUT2D eigenvalue weighted by Crippen LogP contribution is -2.39. The molecule has 9 heteroatoms. The first-order chi connectivity index (χ1) is 13.8. The predicted molar refractivity (Wildman–Crippen MR) is 114 cm³/mol. The summed E-state index contributed by atoms with van der Waals surface area (Å²) in [6, 6.07) is 5.12. The van der Waals surface area contributed by atoms with Crippen molar-refractivity contribution in [3.05, 3.63) is 35.2 Å². The number of aromatic nitrogens is 3. The second-order valence-electron chi connectivity index (χ2n) is 7.57. The second kappa shape index (κ2) is 9.30. The van der Waals surface area contributed by atoms with E-state index in [4.69, 9.17) is 5.84 Å². The van der Waals surface area contributed by atoms with E-state index in [1.165, 1.54) is 35.7 Å². The molecule has 0 spiro atoms. The summed E-state index contributed by atoms with van der Waals surface area (Å²) < 4.78 is 1.49. The molecule has 1 fully saturated rings. The van der Waals surface area contributed by atoms with Crippen LogP contribution < -0.4 is 16.5 Å². The molecule has 29 heavy (non-hydrogen) atoms. The highest BCUT2D eigenvalue weighted by Gasteiger charge is 2.25. The number of nitrogens with two attached hydrogens (primary N) is 1. The molecule has 8 nitrogen and oxygen atoms in total. The quantitative estimate of drug-likeness (QED) is 0.508. The van der Waals surface area contributed by atoms with Crippen LogP contribution in [0.5, 0.6) is 0 Å². The lowest BCUT2D eigenvalue weighted by molar-refractivity contribution is -0.119. The lowest BCUT2D eigenvalue weighted by atomic mass is 9.89. The van der Waals surface area contributed by atoms with Gasteiger partial charge in [-0.2, -0.15) is 0 Å². The van der Waals surface area contributed by atoms with Crippen molar-refractivity contribution >= 4 is 29.4 Å². The van der Waals surface area contributed by atoms with Gasteiger partial charge in [0.05, 0.1) is 5.25 Å². The number of carbonyl (C=O) groups excluding carboxylic acids is 2. The molecule has 0 saturated heterocycles. The van der Waals surface area contributed by atoms with Crippen LogP contribution in [-0.4, -0.2) is 32.1 Å². The Morgan fingerprint density at radius 3 is 2.62 bits per heavy atom. The number of imide groups is 1. The zero-order valence-corrected chi connectivity index (χ0v) is 17.9. The molecule has 0 radical (unpaired) electrons. The largest absolute Gasteiger partial charge is 0.336 e. The standard InChI is InChI=1S/C20H28N6O2S/c1-12-9-10-16(13(2)11-12)22-19(28)23-18(27)14(3)29-20-25-24-17(26(20)21)15-7-5-4-6-8-15/h9-11,14-15H,4-8,21H2,1-3H3,(H2,22,23,27,28). The maximum absolute atomic E-state index is 12.4. The van der Waals surface area contributed by atoms with E-state index < -0.39 is 17.2 Å². The molecule has 1 unspecified atom stereocenters. The summed E-state index contributed by atoms with van der Waals surface area (Å²) in [5.74, 6) is 6.85. The predicted octanol–water partition coefficient (Wildman–Crippen LogP) is 3.49. The van der Waals surface area contributed by atoms with Gasteiger partial charge in [0, 0.05) is 11.6 Å². The summed E-state index contributed by atoms with van der Waals surface area (Å²) in [6.07, 6.45) is 5.73. The molecule has 0 aliphatic heterocycles. The van der Waals surface area contributed by atoms with Crippen LogP contribution in [-0.2, 0) is 4.79 Å². The number of thioether (sulfide) groups is 1. The van der Waals surface area contributed by atoms with Crippen molar-refractivity contribution in [2.75, 3.05) is 11.2 Å². The Bertz CT molecular complexity index is 891. The molecular formula is C20H28N6O2S. The van der Waals surface area contributed by atoms with Crippen LogP contribution in [0.4, 0.5) is 10.5 Å². The average molecular weight is 417 g/mol. The van der Waals surface area contributed by atoms with E-state index in [2.05, 4.69) is 20.8 Å². The number of urea groups is 1. The van der Waals surface area contributed by atoms with Crippen LogP contribution in [0, 0.1) is 13.8 Å². The molecule has 156 valence electrons. The average Bonchev–Trinajstić information content (AvgIpc) is 3.05. The second-order valence-corrected chi connectivity index (χ2v) is 8.88. The van der Waals surface area contributed by atoms with Gasteiger partial charge in [-0.05, 0) is 45.2 Å². The number of amides is 3. The smallest absolute Gasteiger partial charge is 0.325 e. The van der Waals surface area contributed by atoms with Crippen LogP contribution >= 0.6 is 11.8 Å². The normalized spacial score (nSPS) is 15.7. The highest BCUT2D eigenvalue weighted by atomic mass is 32.2. The van der Waals surface area contributed by atoms with Crippen molar-refractivity contribution in [3.63, 3.8) is 0 Å². The number of anilines is 1. The number of carbonyl (C=O) groups is 2. The summed E-state index contributed by atoms with van der Waals surface area (Å²) >= 11 is 1.19. The third-order valence-electron chi connectivity index (χ3n) is 5.18. The molecule has 2 aromatic rings. The molecule has 1 heterocycles. The SMILES string of the molecule is Cc1ccc(NC(=O)NC(=O)C(C)Sc2nnc(C3CCCCC3)n2N)c(C)c1. The minimum absolute atomic E-state index is 0.322. The molecule has 3 rings (SSSR count). The Morgan fingerprint density at radius 2 is 1.93 bits per heavy atom. The molecule has 1 aliphatic rings. The number of aryl methyl sites for hydroxylation is 2. The van der Waals surface area contributed by atoms with E-state index in [9.17, 15) is 9.59 Å². The number of benzene rings is 1.